The normalized spacial score (nSPS) is 27.6. The first kappa shape index (κ1) is 10.0. The third-order valence-electron chi connectivity index (χ3n) is 2.04. The first-order valence-electron chi connectivity index (χ1n) is 4.50. The molecule has 1 saturated heterocycles. The second-order valence-corrected chi connectivity index (χ2v) is 4.26. The van der Waals surface area contributed by atoms with Gasteiger partial charge in [-0.3, -0.25) is 0 Å². The Labute approximate surface area is 84.6 Å². The van der Waals surface area contributed by atoms with Gasteiger partial charge in [-0.15, -0.1) is 9.24 Å². The minimum absolute atomic E-state index is 0.261. The van der Waals surface area contributed by atoms with Gasteiger partial charge in [0.1, 0.15) is 5.82 Å². The molecule has 1 aliphatic heterocycles. The molecule has 0 radical (unpaired) electrons. The summed E-state index contributed by atoms with van der Waals surface area (Å²) in [6.45, 7) is 1.26. The molecule has 76 valence electrons. The minimum Gasteiger partial charge on any atom is -0.348 e. The zero-order valence-corrected chi connectivity index (χ0v) is 8.80. The number of hydrogen-bond acceptors (Lipinski definition) is 2. The molecule has 0 amide bonds. The molecule has 1 aromatic rings. The first-order chi connectivity index (χ1) is 6.75. The predicted octanol–water partition coefficient (Wildman–Crippen LogP) is 2.11. The summed E-state index contributed by atoms with van der Waals surface area (Å²) in [6.07, 6.45) is -0.414. The van der Waals surface area contributed by atoms with Crippen LogP contribution in [-0.2, 0) is 9.47 Å². The molecule has 1 heterocycles. The zero-order valence-electron chi connectivity index (χ0n) is 7.65. The summed E-state index contributed by atoms with van der Waals surface area (Å²) >= 11 is 0. The van der Waals surface area contributed by atoms with E-state index in [2.05, 4.69) is 9.24 Å². The van der Waals surface area contributed by atoms with Crippen molar-refractivity contribution in [3.63, 3.8) is 0 Å². The van der Waals surface area contributed by atoms with Crippen molar-refractivity contribution in [1.82, 2.24) is 0 Å². The van der Waals surface area contributed by atoms with E-state index in [4.69, 9.17) is 9.47 Å². The van der Waals surface area contributed by atoms with E-state index in [1.54, 1.807) is 12.1 Å². The van der Waals surface area contributed by atoms with Gasteiger partial charge in [-0.05, 0) is 12.1 Å². The summed E-state index contributed by atoms with van der Waals surface area (Å²) in [4.78, 5) is 0. The second kappa shape index (κ2) is 4.35. The van der Waals surface area contributed by atoms with Gasteiger partial charge in [0.25, 0.3) is 0 Å². The molecule has 0 saturated carbocycles. The Morgan fingerprint density at radius 2 is 2.00 bits per heavy atom. The molecule has 2 rings (SSSR count). The number of halogens is 1. The fraction of sp³-hybridized carbons (Fsp3) is 0.400. The van der Waals surface area contributed by atoms with Crippen LogP contribution < -0.4 is 0 Å². The maximum atomic E-state index is 12.9. The van der Waals surface area contributed by atoms with E-state index in [0.717, 1.165) is 5.56 Å². The molecule has 0 aromatic heterocycles. The Bertz CT molecular complexity index is 311. The average Bonchev–Trinajstić information content (AvgIpc) is 2.19. The molecular formula is C10H12FO2P. The van der Waals surface area contributed by atoms with Crippen LogP contribution in [0.3, 0.4) is 0 Å². The molecule has 1 aliphatic rings. The summed E-state index contributed by atoms with van der Waals surface area (Å²) in [7, 11) is 2.64. The maximum Gasteiger partial charge on any atom is 0.183 e. The van der Waals surface area contributed by atoms with Crippen LogP contribution in [0.15, 0.2) is 24.3 Å². The van der Waals surface area contributed by atoms with Crippen LogP contribution in [0.1, 0.15) is 11.9 Å². The van der Waals surface area contributed by atoms with Crippen LogP contribution in [0.4, 0.5) is 4.39 Å². The van der Waals surface area contributed by atoms with Gasteiger partial charge < -0.3 is 9.47 Å². The van der Waals surface area contributed by atoms with Crippen molar-refractivity contribution >= 4 is 9.24 Å². The van der Waals surface area contributed by atoms with E-state index in [0.29, 0.717) is 18.9 Å². The monoisotopic (exact) mass is 214 g/mol. The van der Waals surface area contributed by atoms with E-state index >= 15 is 0 Å². The third kappa shape index (κ3) is 2.30. The first-order valence-corrected chi connectivity index (χ1v) is 5.16. The Morgan fingerprint density at radius 3 is 2.64 bits per heavy atom. The Balaban J connectivity index is 2.08. The molecule has 1 fully saturated rings. The van der Waals surface area contributed by atoms with Crippen LogP contribution in [0.25, 0.3) is 0 Å². The van der Waals surface area contributed by atoms with E-state index in [1.165, 1.54) is 12.1 Å². The highest BCUT2D eigenvalue weighted by atomic mass is 31.0. The van der Waals surface area contributed by atoms with Crippen LogP contribution in [0.2, 0.25) is 0 Å². The van der Waals surface area contributed by atoms with Gasteiger partial charge >= 0.3 is 0 Å². The number of benzene rings is 1. The van der Waals surface area contributed by atoms with Gasteiger partial charge in [0.05, 0.1) is 13.2 Å². The van der Waals surface area contributed by atoms with E-state index < -0.39 is 6.29 Å². The van der Waals surface area contributed by atoms with Gasteiger partial charge in [-0.25, -0.2) is 4.39 Å². The highest BCUT2D eigenvalue weighted by Gasteiger charge is 2.20. The molecule has 2 nitrogen and oxygen atoms in total. The fourth-order valence-corrected chi connectivity index (χ4v) is 1.59. The lowest BCUT2D eigenvalue weighted by Gasteiger charge is -2.27. The lowest BCUT2D eigenvalue weighted by molar-refractivity contribution is -0.180. The van der Waals surface area contributed by atoms with Gasteiger partial charge in [0, 0.05) is 11.2 Å². The average molecular weight is 214 g/mol. The topological polar surface area (TPSA) is 18.5 Å². The zero-order chi connectivity index (χ0) is 9.97. The molecule has 1 unspecified atom stereocenters. The van der Waals surface area contributed by atoms with Crippen LogP contribution in [0.5, 0.6) is 0 Å². The summed E-state index contributed by atoms with van der Waals surface area (Å²) < 4.78 is 23.7. The number of hydrogen-bond donors (Lipinski definition) is 0. The Kier molecular flexibility index (Phi) is 3.12. The maximum absolute atomic E-state index is 12.9. The van der Waals surface area contributed by atoms with Crippen molar-refractivity contribution in [1.29, 1.82) is 0 Å². The SMILES string of the molecule is Fc1cccc(C2OCC(P)CO2)c1. The standard InChI is InChI=1S/C10H12FO2P/c11-8-3-1-2-7(4-8)10-12-5-9(14)6-13-10/h1-4,9-10H,5-6,14H2. The Hall–Kier alpha value is -0.500. The summed E-state index contributed by atoms with van der Waals surface area (Å²) in [5.74, 6) is -0.261. The smallest absolute Gasteiger partial charge is 0.183 e. The fourth-order valence-electron chi connectivity index (χ4n) is 1.36. The summed E-state index contributed by atoms with van der Waals surface area (Å²) in [5, 5.41) is 0. The lowest BCUT2D eigenvalue weighted by atomic mass is 10.2. The summed E-state index contributed by atoms with van der Waals surface area (Å²) in [5.41, 5.74) is 1.07. The molecule has 4 heteroatoms. The second-order valence-electron chi connectivity index (χ2n) is 3.31. The van der Waals surface area contributed by atoms with Crippen molar-refractivity contribution in [2.24, 2.45) is 0 Å². The van der Waals surface area contributed by atoms with Crippen molar-refractivity contribution in [2.75, 3.05) is 13.2 Å². The quantitative estimate of drug-likeness (QED) is 0.666. The van der Waals surface area contributed by atoms with Crippen molar-refractivity contribution < 1.29 is 13.9 Å². The molecule has 0 N–H and O–H groups in total. The molecule has 14 heavy (non-hydrogen) atoms. The van der Waals surface area contributed by atoms with E-state index in [1.807, 2.05) is 0 Å². The molecule has 1 aromatic carbocycles. The molecular weight excluding hydrogens is 202 g/mol. The highest BCUT2D eigenvalue weighted by molar-refractivity contribution is 7.17. The molecule has 0 spiro atoms. The number of ether oxygens (including phenoxy) is 2. The van der Waals surface area contributed by atoms with Crippen LogP contribution >= 0.6 is 9.24 Å². The Morgan fingerprint density at radius 1 is 1.29 bits per heavy atom. The largest absolute Gasteiger partial charge is 0.348 e. The summed E-state index contributed by atoms with van der Waals surface area (Å²) in [6, 6.07) is 6.31. The van der Waals surface area contributed by atoms with Gasteiger partial charge in [0.15, 0.2) is 6.29 Å². The van der Waals surface area contributed by atoms with Crippen molar-refractivity contribution in [2.45, 2.75) is 11.9 Å². The predicted molar refractivity (Wildman–Crippen MR) is 54.5 cm³/mol. The minimum atomic E-state index is -0.414. The number of rotatable bonds is 1. The lowest BCUT2D eigenvalue weighted by Crippen LogP contribution is -2.27. The van der Waals surface area contributed by atoms with E-state index in [-0.39, 0.29) is 5.82 Å². The van der Waals surface area contributed by atoms with Crippen LogP contribution in [0, 0.1) is 5.82 Å². The van der Waals surface area contributed by atoms with Gasteiger partial charge in [-0.1, -0.05) is 12.1 Å². The van der Waals surface area contributed by atoms with Crippen LogP contribution in [-0.4, -0.2) is 18.9 Å². The molecule has 0 bridgehead atoms. The van der Waals surface area contributed by atoms with Gasteiger partial charge in [0.2, 0.25) is 0 Å². The van der Waals surface area contributed by atoms with Crippen molar-refractivity contribution in [3.05, 3.63) is 35.6 Å². The van der Waals surface area contributed by atoms with Crippen molar-refractivity contribution in [3.8, 4) is 0 Å². The highest BCUT2D eigenvalue weighted by Crippen LogP contribution is 2.25. The third-order valence-corrected chi connectivity index (χ3v) is 2.43. The molecule has 0 aliphatic carbocycles. The van der Waals surface area contributed by atoms with E-state index in [9.17, 15) is 4.39 Å². The van der Waals surface area contributed by atoms with Gasteiger partial charge in [-0.2, -0.15) is 0 Å². The molecule has 1 atom stereocenters.